The van der Waals surface area contributed by atoms with Gasteiger partial charge in [0.2, 0.25) is 0 Å². The molecule has 9 nitrogen and oxygen atoms in total. The minimum Gasteiger partial charge on any atom is -0.363 e. The van der Waals surface area contributed by atoms with E-state index in [4.69, 9.17) is 16.3 Å². The van der Waals surface area contributed by atoms with E-state index in [0.29, 0.717) is 16.3 Å². The van der Waals surface area contributed by atoms with Gasteiger partial charge in [-0.25, -0.2) is 9.97 Å². The lowest BCUT2D eigenvalue weighted by Gasteiger charge is -2.10. The van der Waals surface area contributed by atoms with Crippen molar-refractivity contribution in [3.63, 3.8) is 0 Å². The quantitative estimate of drug-likeness (QED) is 0.470. The zero-order chi connectivity index (χ0) is 20.1. The van der Waals surface area contributed by atoms with Gasteiger partial charge in [0, 0.05) is 7.11 Å². The predicted molar refractivity (Wildman–Crippen MR) is 102 cm³/mol. The molecule has 1 aromatic carbocycles. The van der Waals surface area contributed by atoms with Crippen molar-refractivity contribution in [2.75, 3.05) is 17.7 Å². The van der Waals surface area contributed by atoms with E-state index in [1.807, 2.05) is 0 Å². The fourth-order valence-corrected chi connectivity index (χ4v) is 2.57. The molecule has 1 unspecified atom stereocenters. The number of nitrogens with one attached hydrogen (secondary N) is 3. The van der Waals surface area contributed by atoms with E-state index in [1.165, 1.54) is 25.7 Å². The summed E-state index contributed by atoms with van der Waals surface area (Å²) in [5.74, 6) is -0.662. The molecule has 0 aliphatic rings. The van der Waals surface area contributed by atoms with Gasteiger partial charge in [0.25, 0.3) is 11.8 Å². The van der Waals surface area contributed by atoms with Crippen molar-refractivity contribution in [3.8, 4) is 0 Å². The molecule has 0 saturated carbocycles. The largest absolute Gasteiger partial charge is 0.363 e. The number of aromatic amines is 1. The number of hydrogen-bond acceptors (Lipinski definition) is 6. The average Bonchev–Trinajstić information content (AvgIpc) is 3.19. The molecule has 0 bridgehead atoms. The molecule has 0 aliphatic heterocycles. The second kappa shape index (κ2) is 8.61. The number of imidazole rings is 1. The Morgan fingerprint density at radius 3 is 2.61 bits per heavy atom. The van der Waals surface area contributed by atoms with Crippen molar-refractivity contribution in [2.24, 2.45) is 0 Å². The summed E-state index contributed by atoms with van der Waals surface area (Å²) in [4.78, 5) is 35.2. The number of anilines is 2. The number of carbonyl (C=O) groups excluding carboxylic acids is 2. The first-order valence-corrected chi connectivity index (χ1v) is 8.45. The molecule has 4 N–H and O–H groups in total. The lowest BCUT2D eigenvalue weighted by molar-refractivity contribution is -0.0799. The summed E-state index contributed by atoms with van der Waals surface area (Å²) in [5, 5.41) is 15.3. The van der Waals surface area contributed by atoms with Crippen molar-refractivity contribution in [1.29, 1.82) is 0 Å². The Hall–Kier alpha value is -3.27. The second-order valence-electron chi connectivity index (χ2n) is 5.57. The average molecular weight is 402 g/mol. The monoisotopic (exact) mass is 401 g/mol. The van der Waals surface area contributed by atoms with Crippen LogP contribution in [-0.2, 0) is 4.74 Å². The molecule has 3 rings (SSSR count). The van der Waals surface area contributed by atoms with E-state index in [-0.39, 0.29) is 17.2 Å². The molecule has 0 saturated heterocycles. The van der Waals surface area contributed by atoms with E-state index >= 15 is 0 Å². The number of methoxy groups -OCH3 is 1. The molecule has 2 heterocycles. The van der Waals surface area contributed by atoms with Gasteiger partial charge >= 0.3 is 0 Å². The van der Waals surface area contributed by atoms with Crippen LogP contribution in [0.1, 0.15) is 32.8 Å². The number of H-pyrrole nitrogens is 1. The van der Waals surface area contributed by atoms with Gasteiger partial charge in [-0.2, -0.15) is 0 Å². The van der Waals surface area contributed by atoms with Crippen LogP contribution in [0.15, 0.2) is 48.9 Å². The fraction of sp³-hybridized carbons (Fsp3) is 0.111. The van der Waals surface area contributed by atoms with Gasteiger partial charge in [-0.05, 0) is 24.3 Å². The first-order chi connectivity index (χ1) is 13.5. The molecule has 3 aromatic rings. The van der Waals surface area contributed by atoms with Crippen molar-refractivity contribution in [2.45, 2.75) is 6.29 Å². The van der Waals surface area contributed by atoms with Gasteiger partial charge in [0.1, 0.15) is 11.5 Å². The zero-order valence-electron chi connectivity index (χ0n) is 14.6. The number of pyridine rings is 1. The van der Waals surface area contributed by atoms with Gasteiger partial charge < -0.3 is 25.5 Å². The first kappa shape index (κ1) is 19.5. The third kappa shape index (κ3) is 4.34. The highest BCUT2D eigenvalue weighted by Crippen LogP contribution is 2.19. The Morgan fingerprint density at radius 2 is 1.93 bits per heavy atom. The summed E-state index contributed by atoms with van der Waals surface area (Å²) in [5.41, 5.74) is 0.828. The van der Waals surface area contributed by atoms with Crippen LogP contribution in [0.4, 0.5) is 11.5 Å². The van der Waals surface area contributed by atoms with Crippen LogP contribution >= 0.6 is 11.6 Å². The van der Waals surface area contributed by atoms with Gasteiger partial charge in [-0.1, -0.05) is 23.7 Å². The molecule has 0 spiro atoms. The fourth-order valence-electron chi connectivity index (χ4n) is 2.35. The summed E-state index contributed by atoms with van der Waals surface area (Å²) < 4.78 is 4.78. The molecule has 0 fully saturated rings. The van der Waals surface area contributed by atoms with E-state index in [1.54, 1.807) is 30.3 Å². The maximum atomic E-state index is 12.3. The lowest BCUT2D eigenvalue weighted by atomic mass is 10.2. The summed E-state index contributed by atoms with van der Waals surface area (Å²) in [6, 6.07) is 9.74. The second-order valence-corrected chi connectivity index (χ2v) is 5.98. The Labute approximate surface area is 164 Å². The number of rotatable bonds is 6. The minimum absolute atomic E-state index is 0.00884. The Bertz CT molecular complexity index is 990. The van der Waals surface area contributed by atoms with Crippen LogP contribution < -0.4 is 10.6 Å². The van der Waals surface area contributed by atoms with Crippen LogP contribution in [-0.4, -0.2) is 39.0 Å². The molecule has 0 aliphatic carbocycles. The normalized spacial score (nSPS) is 11.7. The molecule has 10 heteroatoms. The maximum absolute atomic E-state index is 12.3. The van der Waals surface area contributed by atoms with Crippen LogP contribution in [0.3, 0.4) is 0 Å². The maximum Gasteiger partial charge on any atom is 0.276 e. The molecule has 0 radical (unpaired) electrons. The van der Waals surface area contributed by atoms with Crippen LogP contribution in [0.2, 0.25) is 5.02 Å². The number of aromatic nitrogens is 3. The van der Waals surface area contributed by atoms with Crippen molar-refractivity contribution in [3.05, 3.63) is 70.9 Å². The number of amides is 2. The summed E-state index contributed by atoms with van der Waals surface area (Å²) >= 11 is 6.00. The number of hydrogen-bond donors (Lipinski definition) is 4. The number of nitrogens with zero attached hydrogens (tertiary/aromatic N) is 2. The summed E-state index contributed by atoms with van der Waals surface area (Å²) in [7, 11) is 1.30. The molecule has 28 heavy (non-hydrogen) atoms. The third-order valence-corrected chi connectivity index (χ3v) is 4.07. The number of ether oxygens (including phenoxy) is 1. The Kier molecular flexibility index (Phi) is 5.99. The number of halogens is 1. The predicted octanol–water partition coefficient (Wildman–Crippen LogP) is 2.60. The number of benzene rings is 1. The zero-order valence-corrected chi connectivity index (χ0v) is 15.4. The molecule has 1 atom stereocenters. The Morgan fingerprint density at radius 1 is 1.14 bits per heavy atom. The van der Waals surface area contributed by atoms with E-state index < -0.39 is 18.1 Å². The van der Waals surface area contributed by atoms with Gasteiger partial charge in [-0.15, -0.1) is 0 Å². The number of aliphatic hydroxyl groups is 1. The summed E-state index contributed by atoms with van der Waals surface area (Å²) in [6.45, 7) is 0. The SMILES string of the molecule is COC(O)c1[nH]cnc1C(=O)Nc1ccc(NC(=O)c2ccccc2Cl)nc1. The van der Waals surface area contributed by atoms with Gasteiger partial charge in [0.05, 0.1) is 28.8 Å². The number of carbonyl (C=O) groups is 2. The topological polar surface area (TPSA) is 129 Å². The third-order valence-electron chi connectivity index (χ3n) is 3.74. The van der Waals surface area contributed by atoms with Gasteiger partial charge in [0.15, 0.2) is 12.0 Å². The first-order valence-electron chi connectivity index (χ1n) is 8.07. The Balaban J connectivity index is 1.66. The molecule has 144 valence electrons. The van der Waals surface area contributed by atoms with E-state index in [9.17, 15) is 14.7 Å². The van der Waals surface area contributed by atoms with Crippen LogP contribution in [0.25, 0.3) is 0 Å². The van der Waals surface area contributed by atoms with Crippen molar-refractivity contribution >= 4 is 34.9 Å². The highest BCUT2D eigenvalue weighted by molar-refractivity contribution is 6.34. The highest BCUT2D eigenvalue weighted by Gasteiger charge is 2.20. The highest BCUT2D eigenvalue weighted by atomic mass is 35.5. The summed E-state index contributed by atoms with van der Waals surface area (Å²) in [6.07, 6.45) is 1.35. The van der Waals surface area contributed by atoms with E-state index in [0.717, 1.165) is 0 Å². The smallest absolute Gasteiger partial charge is 0.276 e. The van der Waals surface area contributed by atoms with Crippen LogP contribution in [0.5, 0.6) is 0 Å². The van der Waals surface area contributed by atoms with Crippen LogP contribution in [0, 0.1) is 0 Å². The van der Waals surface area contributed by atoms with E-state index in [2.05, 4.69) is 25.6 Å². The molecular weight excluding hydrogens is 386 g/mol. The minimum atomic E-state index is -1.30. The molecule has 2 aromatic heterocycles. The van der Waals surface area contributed by atoms with Gasteiger partial charge in [-0.3, -0.25) is 9.59 Å². The number of aliphatic hydroxyl groups excluding tert-OH is 1. The lowest BCUT2D eigenvalue weighted by Crippen LogP contribution is -2.17. The standard InChI is InChI=1S/C18H16ClN5O4/c1-28-18(27)15-14(21-9-22-15)17(26)23-10-6-7-13(20-8-10)24-16(25)11-4-2-3-5-12(11)19/h2-9,18,27H,1H3,(H,21,22)(H,23,26)(H,20,24,25). The molecular formula is C18H16ClN5O4. The van der Waals surface area contributed by atoms with Crippen molar-refractivity contribution < 1.29 is 19.4 Å². The molecule has 2 amide bonds. The van der Waals surface area contributed by atoms with Crippen molar-refractivity contribution in [1.82, 2.24) is 15.0 Å².